The van der Waals surface area contributed by atoms with Crippen LogP contribution in [0.2, 0.25) is 0 Å². The zero-order valence-electron chi connectivity index (χ0n) is 14.7. The lowest BCUT2D eigenvalue weighted by atomic mass is 10.2. The normalized spacial score (nSPS) is 11.5. The van der Waals surface area contributed by atoms with Crippen molar-refractivity contribution in [2.75, 3.05) is 12.4 Å². The van der Waals surface area contributed by atoms with Gasteiger partial charge in [0.05, 0.1) is 4.90 Å². The molecule has 2 heterocycles. The average Bonchev–Trinajstić information content (AvgIpc) is 3.33. The summed E-state index contributed by atoms with van der Waals surface area (Å²) in [6.45, 7) is 1.69. The molecule has 0 radical (unpaired) electrons. The number of nitrogens with one attached hydrogen (secondary N) is 2. The molecule has 8 nitrogen and oxygen atoms in total. The number of amides is 1. The van der Waals surface area contributed by atoms with Crippen LogP contribution in [0.4, 0.5) is 5.69 Å². The first-order chi connectivity index (χ1) is 12.9. The number of rotatable bonds is 7. The molecular weight excluding hydrogens is 388 g/mol. The van der Waals surface area contributed by atoms with Crippen molar-refractivity contribution in [3.8, 4) is 11.4 Å². The van der Waals surface area contributed by atoms with Crippen LogP contribution in [-0.4, -0.2) is 31.5 Å². The van der Waals surface area contributed by atoms with Crippen molar-refractivity contribution in [2.45, 2.75) is 24.7 Å². The number of hydrogen-bond donors (Lipinski definition) is 2. The highest BCUT2D eigenvalue weighted by Crippen LogP contribution is 2.21. The third-order valence-corrected chi connectivity index (χ3v) is 6.08. The highest BCUT2D eigenvalue weighted by atomic mass is 32.2. The third kappa shape index (κ3) is 4.59. The van der Waals surface area contributed by atoms with Gasteiger partial charge in [0.25, 0.3) is 0 Å². The molecule has 0 unspecified atom stereocenters. The van der Waals surface area contributed by atoms with Gasteiger partial charge in [-0.25, -0.2) is 13.1 Å². The predicted octanol–water partition coefficient (Wildman–Crippen LogP) is 2.59. The van der Waals surface area contributed by atoms with Crippen LogP contribution in [-0.2, 0) is 21.2 Å². The van der Waals surface area contributed by atoms with E-state index in [1.54, 1.807) is 19.1 Å². The van der Waals surface area contributed by atoms with Gasteiger partial charge in [0.2, 0.25) is 27.6 Å². The average molecular weight is 406 g/mol. The first kappa shape index (κ1) is 19.2. The van der Waals surface area contributed by atoms with Crippen molar-refractivity contribution < 1.29 is 17.7 Å². The van der Waals surface area contributed by atoms with E-state index in [0.717, 1.165) is 5.56 Å². The van der Waals surface area contributed by atoms with Gasteiger partial charge in [0.1, 0.15) is 0 Å². The van der Waals surface area contributed by atoms with E-state index in [1.807, 2.05) is 16.8 Å². The van der Waals surface area contributed by atoms with E-state index in [9.17, 15) is 13.2 Å². The SMILES string of the molecule is CNS(=O)(=O)c1cc(NC(=O)CCc2nc(-c3ccsc3)no2)ccc1C. The van der Waals surface area contributed by atoms with Crippen molar-refractivity contribution in [3.63, 3.8) is 0 Å². The van der Waals surface area contributed by atoms with Crippen LogP contribution >= 0.6 is 11.3 Å². The molecule has 3 aromatic rings. The fourth-order valence-electron chi connectivity index (χ4n) is 2.39. The zero-order chi connectivity index (χ0) is 19.4. The molecule has 2 aromatic heterocycles. The fraction of sp³-hybridized carbons (Fsp3) is 0.235. The minimum atomic E-state index is -3.59. The molecule has 27 heavy (non-hydrogen) atoms. The molecule has 0 aliphatic carbocycles. The van der Waals surface area contributed by atoms with Gasteiger partial charge in [-0.1, -0.05) is 11.2 Å². The summed E-state index contributed by atoms with van der Waals surface area (Å²) >= 11 is 1.54. The highest BCUT2D eigenvalue weighted by Gasteiger charge is 2.16. The van der Waals surface area contributed by atoms with E-state index in [0.29, 0.717) is 23.0 Å². The van der Waals surface area contributed by atoms with E-state index in [2.05, 4.69) is 20.2 Å². The second-order valence-electron chi connectivity index (χ2n) is 5.76. The molecule has 3 rings (SSSR count). The maximum Gasteiger partial charge on any atom is 0.240 e. The highest BCUT2D eigenvalue weighted by molar-refractivity contribution is 7.89. The summed E-state index contributed by atoms with van der Waals surface area (Å²) in [4.78, 5) is 16.6. The van der Waals surface area contributed by atoms with Crippen LogP contribution in [0.15, 0.2) is 44.4 Å². The van der Waals surface area contributed by atoms with Crippen LogP contribution in [0, 0.1) is 6.92 Å². The molecule has 10 heteroatoms. The Kier molecular flexibility index (Phi) is 5.68. The Labute approximate surface area is 160 Å². The van der Waals surface area contributed by atoms with Gasteiger partial charge in [0, 0.05) is 29.5 Å². The van der Waals surface area contributed by atoms with Crippen LogP contribution in [0.25, 0.3) is 11.4 Å². The van der Waals surface area contributed by atoms with Crippen LogP contribution in [0.1, 0.15) is 17.9 Å². The number of anilines is 1. The maximum absolute atomic E-state index is 12.2. The second kappa shape index (κ2) is 7.99. The topological polar surface area (TPSA) is 114 Å². The van der Waals surface area contributed by atoms with Crippen molar-refractivity contribution in [3.05, 3.63) is 46.5 Å². The Morgan fingerprint density at radius 1 is 1.30 bits per heavy atom. The number of aryl methyl sites for hydroxylation is 2. The summed E-state index contributed by atoms with van der Waals surface area (Å²) in [5, 5.41) is 10.4. The Balaban J connectivity index is 1.62. The van der Waals surface area contributed by atoms with E-state index in [-0.39, 0.29) is 23.6 Å². The number of hydrogen-bond acceptors (Lipinski definition) is 7. The minimum absolute atomic E-state index is 0.125. The largest absolute Gasteiger partial charge is 0.339 e. The predicted molar refractivity (Wildman–Crippen MR) is 102 cm³/mol. The number of carbonyl (C=O) groups is 1. The van der Waals surface area contributed by atoms with Gasteiger partial charge in [-0.2, -0.15) is 16.3 Å². The summed E-state index contributed by atoms with van der Waals surface area (Å²) in [7, 11) is -2.25. The summed E-state index contributed by atoms with van der Waals surface area (Å²) in [6, 6.07) is 6.62. The van der Waals surface area contributed by atoms with Gasteiger partial charge in [0.15, 0.2) is 0 Å². The number of thiophene rings is 1. The molecule has 0 saturated carbocycles. The first-order valence-electron chi connectivity index (χ1n) is 8.08. The lowest BCUT2D eigenvalue weighted by Gasteiger charge is -2.10. The number of sulfonamides is 1. The molecular formula is C17H18N4O4S2. The molecule has 1 aromatic carbocycles. The van der Waals surface area contributed by atoms with Crippen molar-refractivity contribution >= 4 is 33.0 Å². The monoisotopic (exact) mass is 406 g/mol. The van der Waals surface area contributed by atoms with Gasteiger partial charge < -0.3 is 9.84 Å². The summed E-state index contributed by atoms with van der Waals surface area (Å²) in [5.41, 5.74) is 1.87. The Hall–Kier alpha value is -2.56. The van der Waals surface area contributed by atoms with Crippen LogP contribution < -0.4 is 10.0 Å². The molecule has 0 saturated heterocycles. The molecule has 142 valence electrons. The van der Waals surface area contributed by atoms with Gasteiger partial charge in [-0.15, -0.1) is 0 Å². The van der Waals surface area contributed by atoms with Crippen molar-refractivity contribution in [1.29, 1.82) is 0 Å². The lowest BCUT2D eigenvalue weighted by molar-refractivity contribution is -0.116. The standard InChI is InChI=1S/C17H18N4O4S2/c1-11-3-4-13(9-14(11)27(23,24)18-2)19-15(22)5-6-16-20-17(21-25-16)12-7-8-26-10-12/h3-4,7-10,18H,5-6H2,1-2H3,(H,19,22). The molecule has 0 spiro atoms. The first-order valence-corrected chi connectivity index (χ1v) is 10.5. The van der Waals surface area contributed by atoms with E-state index >= 15 is 0 Å². The fourth-order valence-corrected chi connectivity index (χ4v) is 4.01. The Morgan fingerprint density at radius 2 is 2.11 bits per heavy atom. The Bertz CT molecular complexity index is 1040. The zero-order valence-corrected chi connectivity index (χ0v) is 16.4. The minimum Gasteiger partial charge on any atom is -0.339 e. The van der Waals surface area contributed by atoms with Crippen LogP contribution in [0.3, 0.4) is 0 Å². The number of nitrogens with zero attached hydrogens (tertiary/aromatic N) is 2. The van der Waals surface area contributed by atoms with E-state index < -0.39 is 10.0 Å². The molecule has 0 aliphatic rings. The van der Waals surface area contributed by atoms with Crippen molar-refractivity contribution in [2.24, 2.45) is 0 Å². The quantitative estimate of drug-likeness (QED) is 0.623. The third-order valence-electron chi connectivity index (χ3n) is 3.84. The van der Waals surface area contributed by atoms with Crippen LogP contribution in [0.5, 0.6) is 0 Å². The summed E-state index contributed by atoms with van der Waals surface area (Å²) in [6.07, 6.45) is 0.420. The molecule has 0 aliphatic heterocycles. The molecule has 1 amide bonds. The molecule has 0 fully saturated rings. The van der Waals surface area contributed by atoms with E-state index in [4.69, 9.17) is 4.52 Å². The van der Waals surface area contributed by atoms with E-state index in [1.165, 1.54) is 24.5 Å². The summed E-state index contributed by atoms with van der Waals surface area (Å²) < 4.78 is 31.5. The lowest BCUT2D eigenvalue weighted by Crippen LogP contribution is -2.20. The van der Waals surface area contributed by atoms with Gasteiger partial charge in [-0.05, 0) is 43.1 Å². The van der Waals surface area contributed by atoms with Crippen molar-refractivity contribution in [1.82, 2.24) is 14.9 Å². The molecule has 0 bridgehead atoms. The maximum atomic E-state index is 12.2. The van der Waals surface area contributed by atoms with Gasteiger partial charge >= 0.3 is 0 Å². The molecule has 2 N–H and O–H groups in total. The molecule has 0 atom stereocenters. The number of carbonyl (C=O) groups excluding carboxylic acids is 1. The number of aromatic nitrogens is 2. The smallest absolute Gasteiger partial charge is 0.240 e. The number of benzene rings is 1. The van der Waals surface area contributed by atoms with Gasteiger partial charge in [-0.3, -0.25) is 4.79 Å². The summed E-state index contributed by atoms with van der Waals surface area (Å²) in [5.74, 6) is 0.586. The second-order valence-corrected chi connectivity index (χ2v) is 8.39. The Morgan fingerprint density at radius 3 is 2.81 bits per heavy atom.